The van der Waals surface area contributed by atoms with Gasteiger partial charge in [0.1, 0.15) is 5.75 Å². The minimum atomic E-state index is -3.16. The first-order valence-corrected chi connectivity index (χ1v) is 11.3. The number of anilines is 1. The molecule has 1 saturated heterocycles. The molecule has 146 valence electrons. The van der Waals surface area contributed by atoms with Crippen LogP contribution < -0.4 is 9.64 Å². The van der Waals surface area contributed by atoms with Gasteiger partial charge in [-0.1, -0.05) is 6.92 Å². The first kappa shape index (κ1) is 19.6. The van der Waals surface area contributed by atoms with Crippen molar-refractivity contribution in [3.05, 3.63) is 42.6 Å². The Kier molecular flexibility index (Phi) is 6.31. The van der Waals surface area contributed by atoms with Crippen molar-refractivity contribution >= 4 is 15.7 Å². The quantitative estimate of drug-likeness (QED) is 0.724. The zero-order chi connectivity index (χ0) is 19.3. The van der Waals surface area contributed by atoms with Gasteiger partial charge in [0, 0.05) is 25.5 Å². The van der Waals surface area contributed by atoms with E-state index in [0.29, 0.717) is 29.1 Å². The molecule has 1 aromatic carbocycles. The van der Waals surface area contributed by atoms with Crippen molar-refractivity contribution in [1.82, 2.24) is 10.2 Å². The topological polar surface area (TPSA) is 72.4 Å². The lowest BCUT2D eigenvalue weighted by atomic mass is 9.84. The van der Waals surface area contributed by atoms with E-state index in [1.54, 1.807) is 30.5 Å². The van der Waals surface area contributed by atoms with E-state index in [9.17, 15) is 8.42 Å². The third kappa shape index (κ3) is 5.42. The van der Waals surface area contributed by atoms with Crippen LogP contribution >= 0.6 is 0 Å². The predicted octanol–water partition coefficient (Wildman–Crippen LogP) is 3.20. The summed E-state index contributed by atoms with van der Waals surface area (Å²) < 4.78 is 28.8. The third-order valence-corrected chi connectivity index (χ3v) is 6.45. The number of hydrogen-bond acceptors (Lipinski definition) is 6. The lowest BCUT2D eigenvalue weighted by molar-refractivity contribution is 0.222. The van der Waals surface area contributed by atoms with Crippen molar-refractivity contribution in [3.63, 3.8) is 0 Å². The number of ether oxygens (including phenoxy) is 1. The van der Waals surface area contributed by atoms with Crippen LogP contribution in [-0.2, 0) is 9.84 Å². The molecular formula is C20H27N3O3S. The fraction of sp³-hybridized carbons (Fsp3) is 0.500. The molecule has 0 N–H and O–H groups in total. The average molecular weight is 390 g/mol. The summed E-state index contributed by atoms with van der Waals surface area (Å²) in [6, 6.07) is 10.6. The number of aromatic nitrogens is 2. The summed E-state index contributed by atoms with van der Waals surface area (Å²) in [6.45, 7) is 4.96. The molecule has 1 aromatic heterocycles. The lowest BCUT2D eigenvalue weighted by Crippen LogP contribution is -2.36. The molecule has 2 heterocycles. The highest BCUT2D eigenvalue weighted by atomic mass is 32.2. The van der Waals surface area contributed by atoms with Gasteiger partial charge >= 0.3 is 0 Å². The Morgan fingerprint density at radius 1 is 1.19 bits per heavy atom. The maximum atomic E-state index is 11.5. The van der Waals surface area contributed by atoms with Crippen molar-refractivity contribution in [3.8, 4) is 5.75 Å². The molecule has 3 rings (SSSR count). The molecule has 0 saturated carbocycles. The summed E-state index contributed by atoms with van der Waals surface area (Å²) in [7, 11) is -3.16. The highest BCUT2D eigenvalue weighted by molar-refractivity contribution is 7.90. The molecule has 0 spiro atoms. The number of sulfone groups is 1. The first-order chi connectivity index (χ1) is 12.9. The molecule has 1 aliphatic heterocycles. The van der Waals surface area contributed by atoms with Gasteiger partial charge in [-0.3, -0.25) is 0 Å². The molecule has 2 aromatic rings. The van der Waals surface area contributed by atoms with E-state index in [4.69, 9.17) is 4.74 Å². The molecule has 1 fully saturated rings. The van der Waals surface area contributed by atoms with Gasteiger partial charge in [-0.05, 0) is 67.5 Å². The van der Waals surface area contributed by atoms with E-state index >= 15 is 0 Å². The fourth-order valence-corrected chi connectivity index (χ4v) is 4.17. The fourth-order valence-electron chi connectivity index (χ4n) is 3.54. The van der Waals surface area contributed by atoms with Crippen molar-refractivity contribution < 1.29 is 13.2 Å². The van der Waals surface area contributed by atoms with Crippen molar-refractivity contribution in [2.24, 2.45) is 11.8 Å². The van der Waals surface area contributed by atoms with Gasteiger partial charge in [0.2, 0.25) is 0 Å². The molecule has 0 unspecified atom stereocenters. The van der Waals surface area contributed by atoms with Crippen LogP contribution in [0, 0.1) is 11.8 Å². The summed E-state index contributed by atoms with van der Waals surface area (Å²) in [6.07, 6.45) is 6.21. The van der Waals surface area contributed by atoms with E-state index in [0.717, 1.165) is 38.2 Å². The van der Waals surface area contributed by atoms with E-state index in [-0.39, 0.29) is 0 Å². The number of hydrogen-bond donors (Lipinski definition) is 0. The largest absolute Gasteiger partial charge is 0.494 e. The van der Waals surface area contributed by atoms with Crippen LogP contribution in [0.25, 0.3) is 0 Å². The maximum absolute atomic E-state index is 11.5. The minimum Gasteiger partial charge on any atom is -0.494 e. The summed E-state index contributed by atoms with van der Waals surface area (Å²) in [5.41, 5.74) is 0. The van der Waals surface area contributed by atoms with Gasteiger partial charge < -0.3 is 9.64 Å². The predicted molar refractivity (Wildman–Crippen MR) is 106 cm³/mol. The first-order valence-electron chi connectivity index (χ1n) is 9.39. The second kappa shape index (κ2) is 8.69. The lowest BCUT2D eigenvalue weighted by Gasteiger charge is -2.35. The van der Waals surface area contributed by atoms with Crippen LogP contribution in [-0.4, -0.2) is 44.6 Å². The molecule has 0 bridgehead atoms. The SMILES string of the molecule is C[C@H](CCOc1ccc(S(C)(=O)=O)cc1)C1CCN(c2cccnn2)CC1. The summed E-state index contributed by atoms with van der Waals surface area (Å²) in [4.78, 5) is 2.62. The monoisotopic (exact) mass is 389 g/mol. The van der Waals surface area contributed by atoms with Crippen LogP contribution in [0.2, 0.25) is 0 Å². The van der Waals surface area contributed by atoms with E-state index in [1.165, 1.54) is 6.26 Å². The van der Waals surface area contributed by atoms with Gasteiger partial charge in [0.05, 0.1) is 11.5 Å². The van der Waals surface area contributed by atoms with E-state index in [2.05, 4.69) is 22.0 Å². The standard InChI is InChI=1S/C20H27N3O3S/c1-16(11-15-26-18-5-7-19(8-6-18)27(2,24)25)17-9-13-23(14-10-17)20-4-3-12-21-22-20/h3-8,12,16-17H,9-11,13-15H2,1-2H3/t16-/m1/s1. The Hall–Kier alpha value is -2.15. The Morgan fingerprint density at radius 2 is 1.89 bits per heavy atom. The minimum absolute atomic E-state index is 0.318. The van der Waals surface area contributed by atoms with Gasteiger partial charge in [0.15, 0.2) is 15.7 Å². The maximum Gasteiger partial charge on any atom is 0.175 e. The van der Waals surface area contributed by atoms with Crippen LogP contribution in [0.1, 0.15) is 26.2 Å². The van der Waals surface area contributed by atoms with Crippen LogP contribution in [0.4, 0.5) is 5.82 Å². The second-order valence-corrected chi connectivity index (χ2v) is 9.28. The van der Waals surface area contributed by atoms with Crippen molar-refractivity contribution in [2.45, 2.75) is 31.1 Å². The van der Waals surface area contributed by atoms with Gasteiger partial charge in [-0.25, -0.2) is 8.42 Å². The molecule has 0 radical (unpaired) electrons. The molecule has 6 nitrogen and oxygen atoms in total. The molecule has 1 atom stereocenters. The van der Waals surface area contributed by atoms with Crippen molar-refractivity contribution in [2.75, 3.05) is 30.9 Å². The average Bonchev–Trinajstić information content (AvgIpc) is 2.68. The Bertz CT molecular complexity index is 817. The Morgan fingerprint density at radius 3 is 2.48 bits per heavy atom. The van der Waals surface area contributed by atoms with Crippen LogP contribution in [0.3, 0.4) is 0 Å². The number of benzene rings is 1. The molecule has 7 heteroatoms. The summed E-state index contributed by atoms with van der Waals surface area (Å²) >= 11 is 0. The molecule has 27 heavy (non-hydrogen) atoms. The highest BCUT2D eigenvalue weighted by Crippen LogP contribution is 2.29. The smallest absolute Gasteiger partial charge is 0.175 e. The normalized spacial score (nSPS) is 16.9. The molecule has 0 aliphatic carbocycles. The van der Waals surface area contributed by atoms with E-state index < -0.39 is 9.84 Å². The number of piperidine rings is 1. The zero-order valence-electron chi connectivity index (χ0n) is 15.9. The van der Waals surface area contributed by atoms with Gasteiger partial charge in [-0.2, -0.15) is 5.10 Å². The van der Waals surface area contributed by atoms with Crippen molar-refractivity contribution in [1.29, 1.82) is 0 Å². The highest BCUT2D eigenvalue weighted by Gasteiger charge is 2.24. The third-order valence-electron chi connectivity index (χ3n) is 5.32. The molecule has 0 amide bonds. The Balaban J connectivity index is 1.42. The van der Waals surface area contributed by atoms with E-state index in [1.807, 2.05) is 12.1 Å². The molecule has 1 aliphatic rings. The number of rotatable bonds is 7. The summed E-state index contributed by atoms with van der Waals surface area (Å²) in [5, 5.41) is 8.16. The number of nitrogens with zero attached hydrogens (tertiary/aromatic N) is 3. The van der Waals surface area contributed by atoms with Gasteiger partial charge in [-0.15, -0.1) is 5.10 Å². The second-order valence-electron chi connectivity index (χ2n) is 7.26. The van der Waals surface area contributed by atoms with Crippen LogP contribution in [0.15, 0.2) is 47.5 Å². The Labute approximate surface area is 161 Å². The zero-order valence-corrected chi connectivity index (χ0v) is 16.7. The van der Waals surface area contributed by atoms with Crippen LogP contribution in [0.5, 0.6) is 5.75 Å². The molecular weight excluding hydrogens is 362 g/mol. The van der Waals surface area contributed by atoms with Gasteiger partial charge in [0.25, 0.3) is 0 Å². The summed E-state index contributed by atoms with van der Waals surface area (Å²) in [5.74, 6) is 2.95.